The molecule has 1 aromatic heterocycles. The number of amides is 1. The molecular formula is C14H12ClN3O3. The maximum absolute atomic E-state index is 11.9. The molecule has 0 aliphatic rings. The Labute approximate surface area is 125 Å². The second kappa shape index (κ2) is 6.81. The number of carbonyl (C=O) groups is 2. The van der Waals surface area contributed by atoms with Gasteiger partial charge in [-0.1, -0.05) is 11.6 Å². The van der Waals surface area contributed by atoms with Gasteiger partial charge in [-0.25, -0.2) is 9.78 Å². The number of carbonyl (C=O) groups excluding carboxylic acids is 2. The van der Waals surface area contributed by atoms with Gasteiger partial charge in [0, 0.05) is 29.6 Å². The lowest BCUT2D eigenvalue weighted by molar-refractivity contribution is -0.116. The highest BCUT2D eigenvalue weighted by Gasteiger charge is 2.09. The summed E-state index contributed by atoms with van der Waals surface area (Å²) in [4.78, 5) is 40.3. The van der Waals surface area contributed by atoms with Crippen LogP contribution in [0.25, 0.3) is 0 Å². The number of nitrogens with one attached hydrogen (secondary N) is 2. The normalized spacial score (nSPS) is 10.1. The van der Waals surface area contributed by atoms with E-state index in [0.717, 1.165) is 0 Å². The molecule has 0 saturated heterocycles. The first-order valence-electron chi connectivity index (χ1n) is 6.18. The molecule has 0 saturated carbocycles. The van der Waals surface area contributed by atoms with Crippen LogP contribution in [0, 0.1) is 0 Å². The molecule has 0 radical (unpaired) electrons. The topological polar surface area (TPSA) is 91.9 Å². The van der Waals surface area contributed by atoms with Gasteiger partial charge in [-0.3, -0.25) is 14.6 Å². The third kappa shape index (κ3) is 4.54. The second-order valence-corrected chi connectivity index (χ2v) is 4.70. The Morgan fingerprint density at radius 1 is 1.14 bits per heavy atom. The van der Waals surface area contributed by atoms with E-state index < -0.39 is 5.69 Å². The van der Waals surface area contributed by atoms with E-state index in [1.54, 1.807) is 24.3 Å². The summed E-state index contributed by atoms with van der Waals surface area (Å²) < 4.78 is 0. The number of H-pyrrole nitrogens is 1. The lowest BCUT2D eigenvalue weighted by Crippen LogP contribution is -2.18. The van der Waals surface area contributed by atoms with Crippen LogP contribution in [-0.4, -0.2) is 21.7 Å². The van der Waals surface area contributed by atoms with Gasteiger partial charge < -0.3 is 5.32 Å². The fraction of sp³-hybridized carbons (Fsp3) is 0.143. The van der Waals surface area contributed by atoms with Crippen molar-refractivity contribution >= 4 is 29.1 Å². The average Bonchev–Trinajstić information content (AvgIpc) is 2.45. The van der Waals surface area contributed by atoms with Gasteiger partial charge in [-0.15, -0.1) is 0 Å². The van der Waals surface area contributed by atoms with Crippen LogP contribution in [0.5, 0.6) is 0 Å². The predicted molar refractivity (Wildman–Crippen MR) is 78.5 cm³/mol. The summed E-state index contributed by atoms with van der Waals surface area (Å²) >= 11 is 5.74. The largest absolute Gasteiger partial charge is 0.346 e. The standard InChI is InChI=1S/C14H12ClN3O3/c15-10-3-1-9(2-4-10)11(19)5-6-13(20)17-12-7-8-16-14(21)18-12/h1-4,7-8H,5-6H2,(H2,16,17,18,20,21). The van der Waals surface area contributed by atoms with Crippen LogP contribution in [0.15, 0.2) is 41.3 Å². The van der Waals surface area contributed by atoms with E-state index in [0.29, 0.717) is 10.6 Å². The molecule has 2 rings (SSSR count). The van der Waals surface area contributed by atoms with Crippen molar-refractivity contribution in [3.63, 3.8) is 0 Å². The van der Waals surface area contributed by atoms with E-state index >= 15 is 0 Å². The van der Waals surface area contributed by atoms with Gasteiger partial charge in [0.1, 0.15) is 5.82 Å². The summed E-state index contributed by atoms with van der Waals surface area (Å²) in [5.41, 5.74) is -0.0467. The van der Waals surface area contributed by atoms with E-state index in [1.165, 1.54) is 12.3 Å². The number of halogens is 1. The zero-order valence-corrected chi connectivity index (χ0v) is 11.7. The summed E-state index contributed by atoms with van der Waals surface area (Å²) in [7, 11) is 0. The van der Waals surface area contributed by atoms with E-state index in [4.69, 9.17) is 11.6 Å². The minimum atomic E-state index is -0.551. The Hall–Kier alpha value is -2.47. The monoisotopic (exact) mass is 305 g/mol. The first kappa shape index (κ1) is 14.9. The van der Waals surface area contributed by atoms with Gasteiger partial charge in [0.15, 0.2) is 5.78 Å². The van der Waals surface area contributed by atoms with Crippen LogP contribution in [0.1, 0.15) is 23.2 Å². The Kier molecular flexibility index (Phi) is 4.84. The van der Waals surface area contributed by atoms with E-state index in [2.05, 4.69) is 15.3 Å². The first-order valence-corrected chi connectivity index (χ1v) is 6.56. The number of aromatic nitrogens is 2. The third-order valence-corrected chi connectivity index (χ3v) is 2.95. The smallest absolute Gasteiger partial charge is 0.312 e. The van der Waals surface area contributed by atoms with Crippen molar-refractivity contribution in [1.82, 2.24) is 9.97 Å². The highest BCUT2D eigenvalue weighted by molar-refractivity contribution is 6.30. The van der Waals surface area contributed by atoms with Crippen molar-refractivity contribution < 1.29 is 9.59 Å². The SMILES string of the molecule is O=C(CCC(=O)c1ccc(Cl)cc1)Nc1ccnc(=O)[nH]1. The Morgan fingerprint density at radius 3 is 2.52 bits per heavy atom. The molecule has 0 fully saturated rings. The molecule has 2 N–H and O–H groups in total. The fourth-order valence-corrected chi connectivity index (χ4v) is 1.79. The lowest BCUT2D eigenvalue weighted by Gasteiger charge is -2.04. The van der Waals surface area contributed by atoms with Crippen molar-refractivity contribution in [2.75, 3.05) is 5.32 Å². The molecule has 6 nitrogen and oxygen atoms in total. The van der Waals surface area contributed by atoms with E-state index in [9.17, 15) is 14.4 Å². The van der Waals surface area contributed by atoms with Gasteiger partial charge in [-0.2, -0.15) is 0 Å². The summed E-state index contributed by atoms with van der Waals surface area (Å²) in [5, 5.41) is 3.04. The predicted octanol–water partition coefficient (Wildman–Crippen LogP) is 2.02. The number of hydrogen-bond donors (Lipinski definition) is 2. The van der Waals surface area contributed by atoms with Gasteiger partial charge in [0.25, 0.3) is 0 Å². The molecule has 0 unspecified atom stereocenters. The van der Waals surface area contributed by atoms with Crippen molar-refractivity contribution in [2.24, 2.45) is 0 Å². The number of nitrogens with zero attached hydrogens (tertiary/aromatic N) is 1. The molecule has 2 aromatic rings. The van der Waals surface area contributed by atoms with Crippen LogP contribution in [0.2, 0.25) is 5.02 Å². The van der Waals surface area contributed by atoms with Crippen LogP contribution in [0.4, 0.5) is 5.82 Å². The van der Waals surface area contributed by atoms with Crippen molar-refractivity contribution in [1.29, 1.82) is 0 Å². The number of benzene rings is 1. The molecule has 0 spiro atoms. The summed E-state index contributed by atoms with van der Waals surface area (Å²) in [6.45, 7) is 0. The molecular weight excluding hydrogens is 294 g/mol. The van der Waals surface area contributed by atoms with Crippen molar-refractivity contribution in [2.45, 2.75) is 12.8 Å². The summed E-state index contributed by atoms with van der Waals surface area (Å²) in [6, 6.07) is 7.93. The number of hydrogen-bond acceptors (Lipinski definition) is 4. The molecule has 7 heteroatoms. The Bertz CT molecular complexity index is 710. The van der Waals surface area contributed by atoms with Crippen LogP contribution in [0.3, 0.4) is 0 Å². The van der Waals surface area contributed by atoms with Gasteiger partial charge >= 0.3 is 5.69 Å². The molecule has 108 valence electrons. The van der Waals surface area contributed by atoms with E-state index in [1.807, 2.05) is 0 Å². The first-order chi connectivity index (χ1) is 10.0. The zero-order valence-electron chi connectivity index (χ0n) is 10.9. The van der Waals surface area contributed by atoms with E-state index in [-0.39, 0.29) is 30.3 Å². The minimum absolute atomic E-state index is 0.0197. The Morgan fingerprint density at radius 2 is 1.86 bits per heavy atom. The van der Waals surface area contributed by atoms with Crippen molar-refractivity contribution in [3.8, 4) is 0 Å². The summed E-state index contributed by atoms with van der Waals surface area (Å²) in [6.07, 6.45) is 1.38. The molecule has 0 aliphatic carbocycles. The van der Waals surface area contributed by atoms with Gasteiger partial charge in [0.05, 0.1) is 0 Å². The Balaban J connectivity index is 1.87. The number of rotatable bonds is 5. The molecule has 21 heavy (non-hydrogen) atoms. The van der Waals surface area contributed by atoms with Gasteiger partial charge in [-0.05, 0) is 30.3 Å². The number of aromatic amines is 1. The highest BCUT2D eigenvalue weighted by Crippen LogP contribution is 2.12. The maximum atomic E-state index is 11.9. The molecule has 0 atom stereocenters. The van der Waals surface area contributed by atoms with Crippen LogP contribution in [-0.2, 0) is 4.79 Å². The third-order valence-electron chi connectivity index (χ3n) is 2.69. The van der Waals surface area contributed by atoms with Gasteiger partial charge in [0.2, 0.25) is 5.91 Å². The number of Topliss-reactive ketones (excluding diaryl/α,β-unsaturated/α-hetero) is 1. The number of anilines is 1. The number of ketones is 1. The zero-order chi connectivity index (χ0) is 15.2. The molecule has 1 aromatic carbocycles. The van der Waals surface area contributed by atoms with Crippen LogP contribution >= 0.6 is 11.6 Å². The summed E-state index contributed by atoms with van der Waals surface area (Å²) in [5.74, 6) is -0.261. The quantitative estimate of drug-likeness (QED) is 0.827. The average molecular weight is 306 g/mol. The minimum Gasteiger partial charge on any atom is -0.312 e. The lowest BCUT2D eigenvalue weighted by atomic mass is 10.1. The second-order valence-electron chi connectivity index (χ2n) is 4.27. The van der Waals surface area contributed by atoms with Crippen molar-refractivity contribution in [3.05, 3.63) is 57.6 Å². The van der Waals surface area contributed by atoms with Crippen LogP contribution < -0.4 is 11.0 Å². The molecule has 0 bridgehead atoms. The fourth-order valence-electron chi connectivity index (χ4n) is 1.66. The molecule has 1 amide bonds. The highest BCUT2D eigenvalue weighted by atomic mass is 35.5. The molecule has 1 heterocycles. The maximum Gasteiger partial charge on any atom is 0.346 e. The molecule has 0 aliphatic heterocycles.